The lowest BCUT2D eigenvalue weighted by Gasteiger charge is -2.24. The summed E-state index contributed by atoms with van der Waals surface area (Å²) in [5.41, 5.74) is 8.67. The summed E-state index contributed by atoms with van der Waals surface area (Å²) >= 11 is 0. The predicted molar refractivity (Wildman–Crippen MR) is 61.6 cm³/mol. The zero-order valence-corrected chi connectivity index (χ0v) is 9.59. The van der Waals surface area contributed by atoms with Gasteiger partial charge < -0.3 is 5.11 Å². The topological polar surface area (TPSA) is 81.9 Å². The molecule has 0 amide bonds. The molecular weight excluding hydrogens is 204 g/mol. The van der Waals surface area contributed by atoms with E-state index in [1.807, 2.05) is 19.9 Å². The Hall–Kier alpha value is -1.58. The second kappa shape index (κ2) is 5.49. The molecule has 16 heavy (non-hydrogen) atoms. The van der Waals surface area contributed by atoms with Gasteiger partial charge in [0.1, 0.15) is 5.60 Å². The van der Waals surface area contributed by atoms with Crippen molar-refractivity contribution in [3.63, 3.8) is 0 Å². The van der Waals surface area contributed by atoms with Gasteiger partial charge in [0.2, 0.25) is 0 Å². The van der Waals surface area contributed by atoms with Crippen molar-refractivity contribution in [2.24, 2.45) is 5.11 Å². The van der Waals surface area contributed by atoms with Crippen LogP contribution in [0, 0.1) is 0 Å². The van der Waals surface area contributed by atoms with Gasteiger partial charge in [0.25, 0.3) is 0 Å². The average Bonchev–Trinajstić information content (AvgIpc) is 2.35. The van der Waals surface area contributed by atoms with Gasteiger partial charge in [-0.1, -0.05) is 25.0 Å². The summed E-state index contributed by atoms with van der Waals surface area (Å²) in [6, 6.07) is 5.40. The van der Waals surface area contributed by atoms with Crippen LogP contribution in [0.5, 0.6) is 0 Å². The maximum Gasteiger partial charge on any atom is 0.106 e. The van der Waals surface area contributed by atoms with Gasteiger partial charge in [-0.05, 0) is 30.5 Å². The number of pyridine rings is 1. The van der Waals surface area contributed by atoms with Gasteiger partial charge in [-0.3, -0.25) is 4.98 Å². The van der Waals surface area contributed by atoms with E-state index in [4.69, 9.17) is 5.53 Å². The molecule has 0 atom stereocenters. The van der Waals surface area contributed by atoms with Crippen molar-refractivity contribution in [2.75, 3.05) is 0 Å². The second-order valence-corrected chi connectivity index (χ2v) is 3.64. The fraction of sp³-hybridized carbons (Fsp3) is 0.545. The molecule has 0 aliphatic carbocycles. The SMILES string of the molecule is CCC(O)(CC)c1cccc(CN=[N+]=[N-])n1. The van der Waals surface area contributed by atoms with E-state index in [0.717, 1.165) is 0 Å². The number of rotatable bonds is 5. The maximum absolute atomic E-state index is 10.3. The van der Waals surface area contributed by atoms with Crippen LogP contribution in [0.2, 0.25) is 0 Å². The first-order valence-corrected chi connectivity index (χ1v) is 5.36. The number of azide groups is 1. The lowest BCUT2D eigenvalue weighted by Crippen LogP contribution is -2.25. The monoisotopic (exact) mass is 220 g/mol. The Labute approximate surface area is 94.8 Å². The first kappa shape index (κ1) is 12.5. The molecule has 0 aliphatic rings. The van der Waals surface area contributed by atoms with Gasteiger partial charge >= 0.3 is 0 Å². The van der Waals surface area contributed by atoms with Crippen LogP contribution in [0.1, 0.15) is 38.1 Å². The Morgan fingerprint density at radius 3 is 2.69 bits per heavy atom. The molecule has 5 heteroatoms. The minimum Gasteiger partial charge on any atom is -0.384 e. The summed E-state index contributed by atoms with van der Waals surface area (Å²) in [5, 5.41) is 13.7. The largest absolute Gasteiger partial charge is 0.384 e. The first-order valence-electron chi connectivity index (χ1n) is 5.36. The number of aromatic nitrogens is 1. The molecule has 1 N–H and O–H groups in total. The van der Waals surface area contributed by atoms with E-state index < -0.39 is 5.60 Å². The minimum absolute atomic E-state index is 0.216. The van der Waals surface area contributed by atoms with Crippen molar-refractivity contribution in [3.05, 3.63) is 40.0 Å². The van der Waals surface area contributed by atoms with E-state index >= 15 is 0 Å². The van der Waals surface area contributed by atoms with Crippen LogP contribution in [0.25, 0.3) is 10.4 Å². The highest BCUT2D eigenvalue weighted by Crippen LogP contribution is 2.26. The third-order valence-corrected chi connectivity index (χ3v) is 2.75. The molecule has 0 radical (unpaired) electrons. The highest BCUT2D eigenvalue weighted by molar-refractivity contribution is 5.17. The van der Waals surface area contributed by atoms with Crippen LogP contribution in [0.15, 0.2) is 23.3 Å². The van der Waals surface area contributed by atoms with E-state index in [9.17, 15) is 5.11 Å². The van der Waals surface area contributed by atoms with Gasteiger partial charge in [-0.25, -0.2) is 0 Å². The molecule has 0 spiro atoms. The van der Waals surface area contributed by atoms with Crippen LogP contribution in [-0.4, -0.2) is 10.1 Å². The van der Waals surface area contributed by atoms with Crippen molar-refractivity contribution < 1.29 is 5.11 Å². The van der Waals surface area contributed by atoms with E-state index in [2.05, 4.69) is 15.0 Å². The average molecular weight is 220 g/mol. The predicted octanol–water partition coefficient (Wildman–Crippen LogP) is 2.90. The third kappa shape index (κ3) is 2.72. The van der Waals surface area contributed by atoms with Gasteiger partial charge in [-0.2, -0.15) is 0 Å². The highest BCUT2D eigenvalue weighted by atomic mass is 16.3. The summed E-state index contributed by atoms with van der Waals surface area (Å²) in [6.45, 7) is 4.06. The van der Waals surface area contributed by atoms with Gasteiger partial charge in [0.05, 0.1) is 12.2 Å². The number of aliphatic hydroxyl groups is 1. The molecule has 0 aliphatic heterocycles. The van der Waals surface area contributed by atoms with Crippen LogP contribution in [0.3, 0.4) is 0 Å². The van der Waals surface area contributed by atoms with Crippen LogP contribution >= 0.6 is 0 Å². The zero-order valence-electron chi connectivity index (χ0n) is 9.59. The van der Waals surface area contributed by atoms with Crippen molar-refractivity contribution in [2.45, 2.75) is 38.8 Å². The molecule has 0 saturated heterocycles. The Kier molecular flexibility index (Phi) is 4.28. The third-order valence-electron chi connectivity index (χ3n) is 2.75. The summed E-state index contributed by atoms with van der Waals surface area (Å²) in [5.74, 6) is 0. The Morgan fingerprint density at radius 2 is 2.12 bits per heavy atom. The summed E-state index contributed by atoms with van der Waals surface area (Å²) < 4.78 is 0. The standard InChI is InChI=1S/C11H16N4O/c1-3-11(16,4-2)10-7-5-6-9(14-10)8-13-15-12/h5-7,16H,3-4,8H2,1-2H3. The molecule has 86 valence electrons. The fourth-order valence-electron chi connectivity index (χ4n) is 1.54. The Bertz CT molecular complexity index is 395. The lowest BCUT2D eigenvalue weighted by molar-refractivity contribution is 0.0238. The molecule has 1 aromatic heterocycles. The van der Waals surface area contributed by atoms with E-state index in [1.165, 1.54) is 0 Å². The first-order chi connectivity index (χ1) is 7.66. The Morgan fingerprint density at radius 1 is 1.44 bits per heavy atom. The van der Waals surface area contributed by atoms with Crippen LogP contribution in [0.4, 0.5) is 0 Å². The zero-order chi connectivity index (χ0) is 12.0. The van der Waals surface area contributed by atoms with Crippen molar-refractivity contribution >= 4 is 0 Å². The quantitative estimate of drug-likeness (QED) is 0.470. The molecule has 0 bridgehead atoms. The van der Waals surface area contributed by atoms with Gasteiger partial charge in [0, 0.05) is 10.6 Å². The molecule has 1 rings (SSSR count). The number of hydrogen-bond donors (Lipinski definition) is 1. The molecule has 1 heterocycles. The van der Waals surface area contributed by atoms with Crippen LogP contribution in [-0.2, 0) is 12.1 Å². The molecular formula is C11H16N4O. The smallest absolute Gasteiger partial charge is 0.106 e. The van der Waals surface area contributed by atoms with E-state index in [-0.39, 0.29) is 6.54 Å². The summed E-state index contributed by atoms with van der Waals surface area (Å²) in [4.78, 5) is 6.99. The minimum atomic E-state index is -0.883. The van der Waals surface area contributed by atoms with Gasteiger partial charge in [0.15, 0.2) is 0 Å². The molecule has 0 saturated carbocycles. The molecule has 5 nitrogen and oxygen atoms in total. The molecule has 0 fully saturated rings. The van der Waals surface area contributed by atoms with E-state index in [0.29, 0.717) is 24.2 Å². The second-order valence-electron chi connectivity index (χ2n) is 3.64. The Balaban J connectivity index is 3.01. The molecule has 1 aromatic rings. The normalized spacial score (nSPS) is 10.9. The number of hydrogen-bond acceptors (Lipinski definition) is 3. The molecule has 0 unspecified atom stereocenters. The maximum atomic E-state index is 10.3. The summed E-state index contributed by atoms with van der Waals surface area (Å²) in [7, 11) is 0. The van der Waals surface area contributed by atoms with Crippen molar-refractivity contribution in [3.8, 4) is 0 Å². The molecule has 0 aromatic carbocycles. The van der Waals surface area contributed by atoms with Gasteiger partial charge in [-0.15, -0.1) is 0 Å². The van der Waals surface area contributed by atoms with Crippen molar-refractivity contribution in [1.82, 2.24) is 4.98 Å². The summed E-state index contributed by atoms with van der Waals surface area (Å²) in [6.07, 6.45) is 1.23. The van der Waals surface area contributed by atoms with E-state index in [1.54, 1.807) is 12.1 Å². The van der Waals surface area contributed by atoms with Crippen LogP contribution < -0.4 is 0 Å². The number of nitrogens with zero attached hydrogens (tertiary/aromatic N) is 4. The lowest BCUT2D eigenvalue weighted by atomic mass is 9.93. The fourth-order valence-corrected chi connectivity index (χ4v) is 1.54. The van der Waals surface area contributed by atoms with Crippen molar-refractivity contribution in [1.29, 1.82) is 0 Å². The highest BCUT2D eigenvalue weighted by Gasteiger charge is 2.26.